The molecule has 0 aliphatic carbocycles. The topological polar surface area (TPSA) is 20.2 Å². The Kier molecular flexibility index (Phi) is 2.67. The van der Waals surface area contributed by atoms with Gasteiger partial charge in [-0.25, -0.2) is 0 Å². The molecular formula is C6H18OSi2. The molecule has 0 bridgehead atoms. The first-order chi connectivity index (χ1) is 3.81. The number of hydrogen-bond donors (Lipinski definition) is 1. The van der Waals surface area contributed by atoms with E-state index in [1.54, 1.807) is 0 Å². The van der Waals surface area contributed by atoms with Crippen molar-refractivity contribution in [2.45, 2.75) is 38.9 Å². The smallest absolute Gasteiger partial charge is 0.146 e. The van der Waals surface area contributed by atoms with Gasteiger partial charge in [0.25, 0.3) is 0 Å². The van der Waals surface area contributed by atoms with E-state index in [4.69, 9.17) is 4.80 Å². The molecule has 0 atom stereocenters. The predicted octanol–water partition coefficient (Wildman–Crippen LogP) is 1.07. The van der Waals surface area contributed by atoms with Gasteiger partial charge in [0, 0.05) is 0 Å². The van der Waals surface area contributed by atoms with E-state index in [1.165, 1.54) is 0 Å². The molecule has 0 saturated carbocycles. The van der Waals surface area contributed by atoms with Gasteiger partial charge in [0.15, 0.2) is 0 Å². The largest absolute Gasteiger partial charge is 0.441 e. The molecule has 0 saturated heterocycles. The van der Waals surface area contributed by atoms with Crippen molar-refractivity contribution in [2.75, 3.05) is 0 Å². The molecule has 0 aliphatic heterocycles. The molecular weight excluding hydrogens is 144 g/mol. The average molecular weight is 162 g/mol. The molecule has 0 aromatic rings. The molecule has 0 fully saturated rings. The van der Waals surface area contributed by atoms with Gasteiger partial charge >= 0.3 is 0 Å². The van der Waals surface area contributed by atoms with E-state index in [0.717, 1.165) is 0 Å². The van der Waals surface area contributed by atoms with Crippen molar-refractivity contribution in [2.24, 2.45) is 0 Å². The van der Waals surface area contributed by atoms with Gasteiger partial charge in [0.1, 0.15) is 9.28 Å². The highest BCUT2D eigenvalue weighted by Crippen LogP contribution is 2.34. The van der Waals surface area contributed by atoms with Gasteiger partial charge in [-0.3, -0.25) is 0 Å². The standard InChI is InChI=1S/C6H18OSi2/c1-6(2,3)9(4,5)8-7/h7H,8H2,1-5H3. The first-order valence-corrected chi connectivity index (χ1v) is 9.38. The first kappa shape index (κ1) is 9.39. The average Bonchev–Trinajstić information content (AvgIpc) is 1.64. The van der Waals surface area contributed by atoms with E-state index in [0.29, 0.717) is 5.04 Å². The van der Waals surface area contributed by atoms with Crippen LogP contribution in [0.1, 0.15) is 20.8 Å². The maximum absolute atomic E-state index is 9.13. The van der Waals surface area contributed by atoms with E-state index >= 15 is 0 Å². The molecule has 0 radical (unpaired) electrons. The zero-order chi connectivity index (χ0) is 7.71. The molecule has 3 heteroatoms. The summed E-state index contributed by atoms with van der Waals surface area (Å²) < 4.78 is 0. The van der Waals surface area contributed by atoms with Gasteiger partial charge in [0.2, 0.25) is 0 Å². The minimum Gasteiger partial charge on any atom is -0.441 e. The molecule has 0 spiro atoms. The lowest BCUT2D eigenvalue weighted by Gasteiger charge is -2.34. The second kappa shape index (κ2) is 2.56. The fraction of sp³-hybridized carbons (Fsp3) is 1.00. The van der Waals surface area contributed by atoms with Crippen molar-refractivity contribution in [1.29, 1.82) is 0 Å². The molecule has 56 valence electrons. The Morgan fingerprint density at radius 1 is 1.22 bits per heavy atom. The molecule has 1 N–H and O–H groups in total. The van der Waals surface area contributed by atoms with Crippen LogP contribution in [0.3, 0.4) is 0 Å². The lowest BCUT2D eigenvalue weighted by Crippen LogP contribution is -2.43. The molecule has 0 amide bonds. The van der Waals surface area contributed by atoms with Crippen LogP contribution in [0.2, 0.25) is 18.1 Å². The summed E-state index contributed by atoms with van der Waals surface area (Å²) in [6.07, 6.45) is 0. The van der Waals surface area contributed by atoms with Gasteiger partial charge in [-0.15, -0.1) is 0 Å². The summed E-state index contributed by atoms with van der Waals surface area (Å²) in [6, 6.07) is 0. The molecule has 0 unspecified atom stereocenters. The fourth-order valence-electron chi connectivity index (χ4n) is 0.237. The van der Waals surface area contributed by atoms with Crippen LogP contribution in [-0.2, 0) is 0 Å². The maximum Gasteiger partial charge on any atom is 0.146 e. The van der Waals surface area contributed by atoms with Crippen LogP contribution in [0.5, 0.6) is 0 Å². The Hall–Kier alpha value is 0.394. The van der Waals surface area contributed by atoms with Crippen LogP contribution in [0.4, 0.5) is 0 Å². The lowest BCUT2D eigenvalue weighted by molar-refractivity contribution is 0.611. The molecule has 0 heterocycles. The minimum atomic E-state index is -1.18. The van der Waals surface area contributed by atoms with E-state index in [1.807, 2.05) is 0 Å². The second-order valence-electron chi connectivity index (χ2n) is 4.29. The van der Waals surface area contributed by atoms with Crippen LogP contribution >= 0.6 is 0 Å². The summed E-state index contributed by atoms with van der Waals surface area (Å²) in [6.45, 7) is 11.3. The lowest BCUT2D eigenvalue weighted by atomic mass is 10.2. The second-order valence-corrected chi connectivity index (χ2v) is 16.1. The first-order valence-electron chi connectivity index (χ1n) is 3.42. The van der Waals surface area contributed by atoms with E-state index in [2.05, 4.69) is 33.9 Å². The Morgan fingerprint density at radius 3 is 1.56 bits per heavy atom. The highest BCUT2D eigenvalue weighted by atomic mass is 29.2. The van der Waals surface area contributed by atoms with Crippen LogP contribution in [0.15, 0.2) is 0 Å². The Bertz CT molecular complexity index is 93.7. The van der Waals surface area contributed by atoms with E-state index in [9.17, 15) is 0 Å². The van der Waals surface area contributed by atoms with E-state index < -0.39 is 16.9 Å². The van der Waals surface area contributed by atoms with Crippen LogP contribution in [0.25, 0.3) is 0 Å². The molecule has 0 aromatic heterocycles. The van der Waals surface area contributed by atoms with Crippen molar-refractivity contribution in [1.82, 2.24) is 0 Å². The van der Waals surface area contributed by atoms with Crippen molar-refractivity contribution < 1.29 is 4.80 Å². The van der Waals surface area contributed by atoms with Crippen LogP contribution in [-0.4, -0.2) is 21.7 Å². The summed E-state index contributed by atoms with van der Waals surface area (Å²) in [7, 11) is -1.91. The summed E-state index contributed by atoms with van der Waals surface area (Å²) in [4.78, 5) is 9.13. The number of rotatable bonds is 1. The summed E-state index contributed by atoms with van der Waals surface area (Å²) >= 11 is 0. The van der Waals surface area contributed by atoms with Crippen molar-refractivity contribution >= 4 is 16.9 Å². The maximum atomic E-state index is 9.13. The third-order valence-electron chi connectivity index (χ3n) is 2.43. The van der Waals surface area contributed by atoms with Crippen LogP contribution < -0.4 is 0 Å². The molecule has 9 heavy (non-hydrogen) atoms. The Labute approximate surface area is 61.2 Å². The highest BCUT2D eigenvalue weighted by Gasteiger charge is 2.34. The summed E-state index contributed by atoms with van der Waals surface area (Å²) in [5, 5.41) is 0.397. The normalized spacial score (nSPS) is 15.3. The summed E-state index contributed by atoms with van der Waals surface area (Å²) in [5.74, 6) is 0. The van der Waals surface area contributed by atoms with Gasteiger partial charge < -0.3 is 4.80 Å². The third-order valence-corrected chi connectivity index (χ3v) is 12.8. The summed E-state index contributed by atoms with van der Waals surface area (Å²) in [5.41, 5.74) is 0. The zero-order valence-electron chi connectivity index (χ0n) is 7.15. The highest BCUT2D eigenvalue weighted by molar-refractivity contribution is 7.22. The third kappa shape index (κ3) is 2.23. The number of hydrogen-bond acceptors (Lipinski definition) is 1. The molecule has 0 aromatic carbocycles. The SMILES string of the molecule is CC(C)(C)[Si](C)(C)[SiH2]O. The van der Waals surface area contributed by atoms with Gasteiger partial charge in [-0.2, -0.15) is 0 Å². The van der Waals surface area contributed by atoms with Crippen molar-refractivity contribution in [3.05, 3.63) is 0 Å². The van der Waals surface area contributed by atoms with Gasteiger partial charge in [-0.05, 0) is 5.04 Å². The molecule has 0 rings (SSSR count). The van der Waals surface area contributed by atoms with Crippen molar-refractivity contribution in [3.63, 3.8) is 0 Å². The fourth-order valence-corrected chi connectivity index (χ4v) is 2.13. The van der Waals surface area contributed by atoms with Crippen molar-refractivity contribution in [3.8, 4) is 0 Å². The predicted molar refractivity (Wildman–Crippen MR) is 48.0 cm³/mol. The monoisotopic (exact) mass is 162 g/mol. The zero-order valence-corrected chi connectivity index (χ0v) is 9.57. The molecule has 1 nitrogen and oxygen atoms in total. The Morgan fingerprint density at radius 2 is 1.56 bits per heavy atom. The minimum absolute atomic E-state index is 0.397. The van der Waals surface area contributed by atoms with Crippen LogP contribution in [0, 0.1) is 0 Å². The molecule has 0 aliphatic rings. The Balaban J connectivity index is 4.14. The van der Waals surface area contributed by atoms with Gasteiger partial charge in [-0.1, -0.05) is 33.9 Å². The van der Waals surface area contributed by atoms with E-state index in [-0.39, 0.29) is 0 Å². The van der Waals surface area contributed by atoms with Gasteiger partial charge in [0.05, 0.1) is 7.59 Å². The quantitative estimate of drug-likeness (QED) is 0.572.